The molecule has 1 saturated heterocycles. The molecule has 0 spiro atoms. The minimum atomic E-state index is -0.997. The summed E-state index contributed by atoms with van der Waals surface area (Å²) in [7, 11) is 0. The second kappa shape index (κ2) is 8.78. The number of carbonyl (C=O) groups is 2. The zero-order chi connectivity index (χ0) is 22.8. The summed E-state index contributed by atoms with van der Waals surface area (Å²) in [6.07, 6.45) is 1.60. The summed E-state index contributed by atoms with van der Waals surface area (Å²) in [5.41, 5.74) is 5.06. The third kappa shape index (κ3) is 4.17. The van der Waals surface area contributed by atoms with Crippen molar-refractivity contribution in [3.63, 3.8) is 0 Å². The van der Waals surface area contributed by atoms with Gasteiger partial charge in [0.05, 0.1) is 22.9 Å². The van der Waals surface area contributed by atoms with Gasteiger partial charge in [0.25, 0.3) is 0 Å². The highest BCUT2D eigenvalue weighted by Gasteiger charge is 2.23. The van der Waals surface area contributed by atoms with Gasteiger partial charge in [-0.1, -0.05) is 48.5 Å². The van der Waals surface area contributed by atoms with Crippen LogP contribution in [0.15, 0.2) is 79.1 Å². The number of para-hydroxylation sites is 1. The summed E-state index contributed by atoms with van der Waals surface area (Å²) in [6, 6.07) is 23.5. The Morgan fingerprint density at radius 2 is 1.61 bits per heavy atom. The van der Waals surface area contributed by atoms with Crippen LogP contribution in [0.1, 0.15) is 10.4 Å². The van der Waals surface area contributed by atoms with E-state index in [-0.39, 0.29) is 18.0 Å². The van der Waals surface area contributed by atoms with Crippen LogP contribution in [0.25, 0.3) is 22.2 Å². The zero-order valence-electron chi connectivity index (χ0n) is 18.1. The maximum atomic E-state index is 13.0. The van der Waals surface area contributed by atoms with Gasteiger partial charge in [-0.25, -0.2) is 9.78 Å². The minimum Gasteiger partial charge on any atom is -0.478 e. The Bertz CT molecular complexity index is 1310. The predicted molar refractivity (Wildman–Crippen MR) is 127 cm³/mol. The summed E-state index contributed by atoms with van der Waals surface area (Å²) in [5, 5.41) is 9.26. The number of nitrogens with zero attached hydrogens (tertiary/aromatic N) is 4. The molecule has 0 atom stereocenters. The second-order valence-electron chi connectivity index (χ2n) is 8.13. The highest BCUT2D eigenvalue weighted by Crippen LogP contribution is 2.31. The molecule has 0 radical (unpaired) electrons. The number of imidazole rings is 1. The number of carbonyl (C=O) groups excluding carboxylic acids is 1. The Morgan fingerprint density at radius 1 is 0.879 bits per heavy atom. The lowest BCUT2D eigenvalue weighted by molar-refractivity contribution is -0.132. The molecule has 0 aliphatic carbocycles. The second-order valence-corrected chi connectivity index (χ2v) is 8.13. The zero-order valence-corrected chi connectivity index (χ0v) is 18.1. The smallest absolute Gasteiger partial charge is 0.335 e. The van der Waals surface area contributed by atoms with Crippen molar-refractivity contribution < 1.29 is 14.7 Å². The number of benzene rings is 3. The van der Waals surface area contributed by atoms with Crippen molar-refractivity contribution >= 4 is 28.6 Å². The minimum absolute atomic E-state index is 0.00558. The van der Waals surface area contributed by atoms with Crippen LogP contribution in [-0.4, -0.2) is 57.6 Å². The Morgan fingerprint density at radius 3 is 2.36 bits per heavy atom. The fourth-order valence-corrected chi connectivity index (χ4v) is 4.37. The van der Waals surface area contributed by atoms with Crippen LogP contribution in [0.5, 0.6) is 0 Å². The molecule has 0 saturated carbocycles. The number of piperazine rings is 1. The molecule has 4 aromatic rings. The maximum absolute atomic E-state index is 13.0. The summed E-state index contributed by atoms with van der Waals surface area (Å²) in [6.45, 7) is 2.91. The van der Waals surface area contributed by atoms with Crippen LogP contribution < -0.4 is 4.90 Å². The van der Waals surface area contributed by atoms with E-state index < -0.39 is 5.97 Å². The van der Waals surface area contributed by atoms with E-state index in [2.05, 4.69) is 46.3 Å². The third-order valence-electron chi connectivity index (χ3n) is 6.14. The standard InChI is InChI=1S/C26H24N4O3/c31-25(17-30-18-27-22-11-10-20(26(32)33)16-24(22)30)29-14-12-28(13-15-29)23-9-5-4-8-21(23)19-6-2-1-3-7-19/h1-11,16,18H,12-15,17H2,(H,32,33). The highest BCUT2D eigenvalue weighted by molar-refractivity contribution is 5.92. The number of rotatable bonds is 5. The van der Waals surface area contributed by atoms with Crippen molar-refractivity contribution in [2.24, 2.45) is 0 Å². The van der Waals surface area contributed by atoms with Gasteiger partial charge < -0.3 is 19.5 Å². The molecule has 7 heteroatoms. The first kappa shape index (κ1) is 20.8. The summed E-state index contributed by atoms with van der Waals surface area (Å²) in [4.78, 5) is 32.8. The quantitative estimate of drug-likeness (QED) is 0.511. The number of amides is 1. The fourth-order valence-electron chi connectivity index (χ4n) is 4.37. The van der Waals surface area contributed by atoms with Crippen LogP contribution in [0.2, 0.25) is 0 Å². The third-order valence-corrected chi connectivity index (χ3v) is 6.14. The molecule has 1 aromatic heterocycles. The molecule has 3 aromatic carbocycles. The van der Waals surface area contributed by atoms with Gasteiger partial charge in [0.15, 0.2) is 0 Å². The Kier molecular flexibility index (Phi) is 5.52. The SMILES string of the molecule is O=C(O)c1ccc2ncn(CC(=O)N3CCN(c4ccccc4-c4ccccc4)CC3)c2c1. The van der Waals surface area contributed by atoms with E-state index >= 15 is 0 Å². The Hall–Kier alpha value is -4.13. The van der Waals surface area contributed by atoms with Crippen molar-refractivity contribution in [3.8, 4) is 11.1 Å². The number of aromatic carboxylic acids is 1. The number of carboxylic acid groups (broad SMARTS) is 1. The van der Waals surface area contributed by atoms with E-state index in [0.29, 0.717) is 24.1 Å². The van der Waals surface area contributed by atoms with Crippen LogP contribution in [0.4, 0.5) is 5.69 Å². The van der Waals surface area contributed by atoms with E-state index in [1.54, 1.807) is 23.0 Å². The van der Waals surface area contributed by atoms with E-state index in [0.717, 1.165) is 13.1 Å². The van der Waals surface area contributed by atoms with Crippen molar-refractivity contribution in [3.05, 3.63) is 84.7 Å². The number of fused-ring (bicyclic) bond motifs is 1. The lowest BCUT2D eigenvalue weighted by Gasteiger charge is -2.37. The monoisotopic (exact) mass is 440 g/mol. The van der Waals surface area contributed by atoms with E-state index in [9.17, 15) is 14.7 Å². The van der Waals surface area contributed by atoms with E-state index in [1.807, 2.05) is 23.1 Å². The van der Waals surface area contributed by atoms with Crippen LogP contribution in [0, 0.1) is 0 Å². The number of hydrogen-bond acceptors (Lipinski definition) is 4. The topological polar surface area (TPSA) is 78.7 Å². The first-order valence-corrected chi connectivity index (χ1v) is 11.0. The molecule has 0 unspecified atom stereocenters. The molecule has 1 fully saturated rings. The van der Waals surface area contributed by atoms with Gasteiger partial charge in [-0.2, -0.15) is 0 Å². The van der Waals surface area contributed by atoms with Gasteiger partial charge in [-0.05, 0) is 29.8 Å². The largest absolute Gasteiger partial charge is 0.478 e. The van der Waals surface area contributed by atoms with Gasteiger partial charge in [-0.3, -0.25) is 4.79 Å². The molecule has 1 aliphatic rings. The highest BCUT2D eigenvalue weighted by atomic mass is 16.4. The van der Waals surface area contributed by atoms with E-state index in [4.69, 9.17) is 0 Å². The maximum Gasteiger partial charge on any atom is 0.335 e. The molecule has 166 valence electrons. The van der Waals surface area contributed by atoms with E-state index in [1.165, 1.54) is 22.9 Å². The van der Waals surface area contributed by atoms with Crippen molar-refractivity contribution in [2.75, 3.05) is 31.1 Å². The predicted octanol–water partition coefficient (Wildman–Crippen LogP) is 3.75. The first-order valence-electron chi connectivity index (χ1n) is 11.0. The van der Waals surface area contributed by atoms with Crippen molar-refractivity contribution in [1.29, 1.82) is 0 Å². The van der Waals surface area contributed by atoms with Gasteiger partial charge in [0.1, 0.15) is 6.54 Å². The molecule has 1 aliphatic heterocycles. The Balaban J connectivity index is 1.28. The number of hydrogen-bond donors (Lipinski definition) is 1. The van der Waals surface area contributed by atoms with Gasteiger partial charge in [0.2, 0.25) is 5.91 Å². The molecule has 1 amide bonds. The van der Waals surface area contributed by atoms with Crippen molar-refractivity contribution in [2.45, 2.75) is 6.54 Å². The van der Waals surface area contributed by atoms with Crippen LogP contribution in [0.3, 0.4) is 0 Å². The average Bonchev–Trinajstić information content (AvgIpc) is 3.26. The fraction of sp³-hybridized carbons (Fsp3) is 0.192. The molecular weight excluding hydrogens is 416 g/mol. The van der Waals surface area contributed by atoms with Crippen LogP contribution in [-0.2, 0) is 11.3 Å². The van der Waals surface area contributed by atoms with Crippen LogP contribution >= 0.6 is 0 Å². The molecule has 33 heavy (non-hydrogen) atoms. The summed E-state index contributed by atoms with van der Waals surface area (Å²) >= 11 is 0. The Labute approximate surface area is 191 Å². The van der Waals surface area contributed by atoms with Gasteiger partial charge >= 0.3 is 5.97 Å². The summed E-state index contributed by atoms with van der Waals surface area (Å²) < 4.78 is 1.72. The average molecular weight is 441 g/mol. The lowest BCUT2D eigenvalue weighted by Crippen LogP contribution is -2.49. The molecule has 1 N–H and O–H groups in total. The lowest BCUT2D eigenvalue weighted by atomic mass is 10.0. The molecule has 2 heterocycles. The normalized spacial score (nSPS) is 13.9. The first-order chi connectivity index (χ1) is 16.1. The van der Waals surface area contributed by atoms with Gasteiger partial charge in [0, 0.05) is 37.4 Å². The number of aromatic nitrogens is 2. The molecule has 7 nitrogen and oxygen atoms in total. The van der Waals surface area contributed by atoms with Crippen molar-refractivity contribution in [1.82, 2.24) is 14.5 Å². The number of carboxylic acids is 1. The molecule has 0 bridgehead atoms. The summed E-state index contributed by atoms with van der Waals surface area (Å²) in [5.74, 6) is -0.992. The number of anilines is 1. The molecule has 5 rings (SSSR count). The molecular formula is C26H24N4O3. The van der Waals surface area contributed by atoms with Gasteiger partial charge in [-0.15, -0.1) is 0 Å².